The summed E-state index contributed by atoms with van der Waals surface area (Å²) in [5, 5.41) is 3.25. The van der Waals surface area contributed by atoms with Crippen LogP contribution >= 0.6 is 12.2 Å². The Morgan fingerprint density at radius 3 is 2.78 bits per heavy atom. The lowest BCUT2D eigenvalue weighted by Crippen LogP contribution is -2.36. The second-order valence-electron chi connectivity index (χ2n) is 2.45. The zero-order valence-electron chi connectivity index (χ0n) is 5.39. The summed E-state index contributed by atoms with van der Waals surface area (Å²) >= 11 is 4.85. The van der Waals surface area contributed by atoms with E-state index in [1.54, 1.807) is 0 Å². The summed E-state index contributed by atoms with van der Waals surface area (Å²) in [7, 11) is 0. The molecule has 0 radical (unpaired) electrons. The SMILES string of the molecule is NC(=S)C1CCCNC1. The molecule has 0 aromatic carbocycles. The van der Waals surface area contributed by atoms with Crippen molar-refractivity contribution in [3.8, 4) is 0 Å². The Morgan fingerprint density at radius 2 is 2.44 bits per heavy atom. The third kappa shape index (κ3) is 1.91. The van der Waals surface area contributed by atoms with Crippen LogP contribution in [0.1, 0.15) is 12.8 Å². The maximum atomic E-state index is 5.46. The van der Waals surface area contributed by atoms with Gasteiger partial charge in [-0.1, -0.05) is 12.2 Å². The van der Waals surface area contributed by atoms with Crippen LogP contribution in [0.3, 0.4) is 0 Å². The fourth-order valence-corrected chi connectivity index (χ4v) is 1.30. The van der Waals surface area contributed by atoms with Gasteiger partial charge >= 0.3 is 0 Å². The van der Waals surface area contributed by atoms with Gasteiger partial charge in [-0.3, -0.25) is 0 Å². The second kappa shape index (κ2) is 3.13. The highest BCUT2D eigenvalue weighted by molar-refractivity contribution is 7.80. The first-order valence-electron chi connectivity index (χ1n) is 3.31. The van der Waals surface area contributed by atoms with E-state index in [2.05, 4.69) is 5.32 Å². The van der Waals surface area contributed by atoms with E-state index in [4.69, 9.17) is 18.0 Å². The Labute approximate surface area is 60.8 Å². The minimum absolute atomic E-state index is 0.453. The highest BCUT2D eigenvalue weighted by atomic mass is 32.1. The monoisotopic (exact) mass is 144 g/mol. The number of hydrogen-bond acceptors (Lipinski definition) is 2. The Hall–Kier alpha value is -0.150. The number of piperidine rings is 1. The molecule has 0 saturated carbocycles. The number of thiocarbonyl (C=S) groups is 1. The predicted molar refractivity (Wildman–Crippen MR) is 42.4 cm³/mol. The van der Waals surface area contributed by atoms with E-state index in [9.17, 15) is 0 Å². The van der Waals surface area contributed by atoms with Gasteiger partial charge in [0, 0.05) is 12.5 Å². The zero-order valence-corrected chi connectivity index (χ0v) is 6.21. The van der Waals surface area contributed by atoms with Crippen molar-refractivity contribution in [2.75, 3.05) is 13.1 Å². The van der Waals surface area contributed by atoms with Gasteiger partial charge in [0.2, 0.25) is 0 Å². The van der Waals surface area contributed by atoms with Crippen molar-refractivity contribution in [3.63, 3.8) is 0 Å². The quantitative estimate of drug-likeness (QED) is 0.519. The molecule has 52 valence electrons. The van der Waals surface area contributed by atoms with E-state index >= 15 is 0 Å². The summed E-state index contributed by atoms with van der Waals surface area (Å²) < 4.78 is 0. The van der Waals surface area contributed by atoms with E-state index in [1.165, 1.54) is 12.8 Å². The van der Waals surface area contributed by atoms with Crippen LogP contribution in [-0.2, 0) is 0 Å². The van der Waals surface area contributed by atoms with Gasteiger partial charge in [0.15, 0.2) is 0 Å². The average Bonchev–Trinajstić information content (AvgIpc) is 1.90. The Morgan fingerprint density at radius 1 is 1.67 bits per heavy atom. The molecule has 9 heavy (non-hydrogen) atoms. The maximum absolute atomic E-state index is 5.46. The van der Waals surface area contributed by atoms with Gasteiger partial charge < -0.3 is 11.1 Å². The molecule has 1 fully saturated rings. The van der Waals surface area contributed by atoms with Crippen LogP contribution in [0, 0.1) is 5.92 Å². The van der Waals surface area contributed by atoms with Crippen LogP contribution < -0.4 is 11.1 Å². The molecule has 0 amide bonds. The van der Waals surface area contributed by atoms with E-state index in [0.29, 0.717) is 10.9 Å². The van der Waals surface area contributed by atoms with Gasteiger partial charge in [-0.05, 0) is 19.4 Å². The molecule has 0 aliphatic carbocycles. The maximum Gasteiger partial charge on any atom is 0.0771 e. The van der Waals surface area contributed by atoms with Gasteiger partial charge in [0.25, 0.3) is 0 Å². The summed E-state index contributed by atoms with van der Waals surface area (Å²) in [6.45, 7) is 2.11. The van der Waals surface area contributed by atoms with Crippen LogP contribution in [0.25, 0.3) is 0 Å². The first-order valence-corrected chi connectivity index (χ1v) is 3.71. The van der Waals surface area contributed by atoms with Crippen molar-refractivity contribution in [1.82, 2.24) is 5.32 Å². The van der Waals surface area contributed by atoms with E-state index < -0.39 is 0 Å². The zero-order chi connectivity index (χ0) is 6.69. The van der Waals surface area contributed by atoms with Crippen LogP contribution in [0.15, 0.2) is 0 Å². The lowest BCUT2D eigenvalue weighted by atomic mass is 10.0. The molecule has 1 unspecified atom stereocenters. The largest absolute Gasteiger partial charge is 0.393 e. The van der Waals surface area contributed by atoms with Crippen LogP contribution in [-0.4, -0.2) is 18.1 Å². The molecule has 1 saturated heterocycles. The summed E-state index contributed by atoms with van der Waals surface area (Å²) in [5.74, 6) is 0.453. The molecule has 1 aliphatic rings. The molecule has 0 aromatic rings. The van der Waals surface area contributed by atoms with Crippen LogP contribution in [0.2, 0.25) is 0 Å². The smallest absolute Gasteiger partial charge is 0.0771 e. The lowest BCUT2D eigenvalue weighted by molar-refractivity contribution is 0.459. The number of nitrogens with one attached hydrogen (secondary N) is 1. The molecule has 1 aliphatic heterocycles. The summed E-state index contributed by atoms with van der Waals surface area (Å²) in [4.78, 5) is 0.669. The molecule has 0 bridgehead atoms. The van der Waals surface area contributed by atoms with Gasteiger partial charge in [-0.15, -0.1) is 0 Å². The lowest BCUT2D eigenvalue weighted by Gasteiger charge is -2.20. The second-order valence-corrected chi connectivity index (χ2v) is 2.92. The standard InChI is InChI=1S/C6H12N2S/c7-6(9)5-2-1-3-8-4-5/h5,8H,1-4H2,(H2,7,9). The first kappa shape index (κ1) is 6.96. The Kier molecular flexibility index (Phi) is 2.42. The molecule has 2 nitrogen and oxygen atoms in total. The summed E-state index contributed by atoms with van der Waals surface area (Å²) in [6, 6.07) is 0. The van der Waals surface area contributed by atoms with Crippen molar-refractivity contribution < 1.29 is 0 Å². The summed E-state index contributed by atoms with van der Waals surface area (Å²) in [5.41, 5.74) is 5.46. The van der Waals surface area contributed by atoms with Gasteiger partial charge in [0.05, 0.1) is 4.99 Å². The average molecular weight is 144 g/mol. The minimum Gasteiger partial charge on any atom is -0.393 e. The van der Waals surface area contributed by atoms with Gasteiger partial charge in [0.1, 0.15) is 0 Å². The topological polar surface area (TPSA) is 38.0 Å². The van der Waals surface area contributed by atoms with E-state index in [1.807, 2.05) is 0 Å². The van der Waals surface area contributed by atoms with E-state index in [0.717, 1.165) is 13.1 Å². The van der Waals surface area contributed by atoms with Crippen molar-refractivity contribution in [3.05, 3.63) is 0 Å². The number of rotatable bonds is 1. The normalized spacial score (nSPS) is 27.8. The third-order valence-electron chi connectivity index (χ3n) is 1.70. The summed E-state index contributed by atoms with van der Waals surface area (Å²) in [6.07, 6.45) is 2.38. The Bertz CT molecular complexity index is 108. The molecule has 1 heterocycles. The molecular formula is C6H12N2S. The third-order valence-corrected chi connectivity index (χ3v) is 2.03. The number of hydrogen-bond donors (Lipinski definition) is 2. The molecule has 1 atom stereocenters. The predicted octanol–water partition coefficient (Wildman–Crippen LogP) is 0.272. The first-order chi connectivity index (χ1) is 4.30. The number of nitrogens with two attached hydrogens (primary N) is 1. The molecular weight excluding hydrogens is 132 g/mol. The van der Waals surface area contributed by atoms with Gasteiger partial charge in [-0.2, -0.15) is 0 Å². The minimum atomic E-state index is 0.453. The van der Waals surface area contributed by atoms with Crippen molar-refractivity contribution in [2.45, 2.75) is 12.8 Å². The highest BCUT2D eigenvalue weighted by Gasteiger charge is 2.14. The Balaban J connectivity index is 2.31. The fraction of sp³-hybridized carbons (Fsp3) is 0.833. The molecule has 1 rings (SSSR count). The molecule has 0 spiro atoms. The van der Waals surface area contributed by atoms with Crippen LogP contribution in [0.5, 0.6) is 0 Å². The fourth-order valence-electron chi connectivity index (χ4n) is 1.09. The van der Waals surface area contributed by atoms with Gasteiger partial charge in [-0.25, -0.2) is 0 Å². The van der Waals surface area contributed by atoms with E-state index in [-0.39, 0.29) is 0 Å². The van der Waals surface area contributed by atoms with Crippen molar-refractivity contribution >= 4 is 17.2 Å². The van der Waals surface area contributed by atoms with Crippen LogP contribution in [0.4, 0.5) is 0 Å². The molecule has 3 N–H and O–H groups in total. The van der Waals surface area contributed by atoms with Crippen molar-refractivity contribution in [1.29, 1.82) is 0 Å². The highest BCUT2D eigenvalue weighted by Crippen LogP contribution is 2.08. The molecule has 0 aromatic heterocycles. The molecule has 3 heteroatoms. The van der Waals surface area contributed by atoms with Crippen molar-refractivity contribution in [2.24, 2.45) is 11.7 Å².